The maximum absolute atomic E-state index is 11.3. The molecular formula is C10H13NO4. The van der Waals surface area contributed by atoms with Crippen LogP contribution in [-0.4, -0.2) is 36.1 Å². The summed E-state index contributed by atoms with van der Waals surface area (Å²) >= 11 is 0. The summed E-state index contributed by atoms with van der Waals surface area (Å²) < 4.78 is 10.4. The van der Waals surface area contributed by atoms with Gasteiger partial charge in [-0.1, -0.05) is 0 Å². The fraction of sp³-hybridized carbons (Fsp3) is 0.700. The fourth-order valence-corrected chi connectivity index (χ4v) is 1.15. The maximum Gasteiger partial charge on any atom is 0.334 e. The molecule has 0 atom stereocenters. The summed E-state index contributed by atoms with van der Waals surface area (Å²) in [6, 6.07) is 0. The molecule has 0 aromatic heterocycles. The zero-order valence-corrected chi connectivity index (χ0v) is 8.99. The van der Waals surface area contributed by atoms with Crippen LogP contribution in [0.15, 0.2) is 0 Å². The van der Waals surface area contributed by atoms with Crippen LogP contribution in [0.3, 0.4) is 0 Å². The molecule has 1 heterocycles. The van der Waals surface area contributed by atoms with Crippen molar-refractivity contribution in [3.63, 3.8) is 0 Å². The van der Waals surface area contributed by atoms with Crippen LogP contribution in [0.2, 0.25) is 0 Å². The molecule has 0 spiro atoms. The van der Waals surface area contributed by atoms with Gasteiger partial charge in [0, 0.05) is 13.8 Å². The van der Waals surface area contributed by atoms with Gasteiger partial charge in [0.25, 0.3) is 0 Å². The van der Waals surface area contributed by atoms with Gasteiger partial charge in [-0.2, -0.15) is 0 Å². The minimum absolute atomic E-state index is 0.0953. The Balaban J connectivity index is 2.83. The summed E-state index contributed by atoms with van der Waals surface area (Å²) in [5, 5.41) is 0. The molecule has 1 fully saturated rings. The van der Waals surface area contributed by atoms with E-state index in [1.807, 2.05) is 0 Å². The third-order valence-corrected chi connectivity index (χ3v) is 2.68. The molecule has 5 heteroatoms. The molecule has 15 heavy (non-hydrogen) atoms. The molecular weight excluding hydrogens is 198 g/mol. The highest BCUT2D eigenvalue weighted by Gasteiger charge is 2.52. The lowest BCUT2D eigenvalue weighted by Gasteiger charge is -2.35. The molecule has 0 unspecified atom stereocenters. The number of nitrogens with zero attached hydrogens (tertiary/aromatic N) is 1. The highest BCUT2D eigenvalue weighted by atomic mass is 16.7. The SMILES string of the molecule is [C-]#[N+]C1(C(C)=O)COC(C)(C(C)=O)OC1. The Morgan fingerprint density at radius 2 is 1.67 bits per heavy atom. The molecule has 1 rings (SSSR count). The first-order valence-electron chi connectivity index (χ1n) is 4.55. The second-order valence-corrected chi connectivity index (χ2v) is 3.78. The second-order valence-electron chi connectivity index (χ2n) is 3.78. The highest BCUT2D eigenvalue weighted by molar-refractivity contribution is 5.89. The summed E-state index contributed by atoms with van der Waals surface area (Å²) in [5.74, 6) is -1.89. The van der Waals surface area contributed by atoms with Gasteiger partial charge in [0.2, 0.25) is 11.6 Å². The smallest absolute Gasteiger partial charge is 0.334 e. The summed E-state index contributed by atoms with van der Waals surface area (Å²) in [7, 11) is 0. The number of ether oxygens (including phenoxy) is 2. The first-order chi connectivity index (χ1) is 6.86. The molecule has 0 bridgehead atoms. The molecule has 0 radical (unpaired) electrons. The lowest BCUT2D eigenvalue weighted by Crippen LogP contribution is -2.56. The third kappa shape index (κ3) is 1.91. The number of Topliss-reactive ketones (excluding diaryl/α,β-unsaturated/α-hetero) is 2. The zero-order valence-electron chi connectivity index (χ0n) is 8.99. The van der Waals surface area contributed by atoms with Crippen LogP contribution in [0.1, 0.15) is 20.8 Å². The average Bonchev–Trinajstić information content (AvgIpc) is 2.19. The van der Waals surface area contributed by atoms with E-state index < -0.39 is 11.3 Å². The van der Waals surface area contributed by atoms with Gasteiger partial charge in [-0.05, 0) is 6.92 Å². The normalized spacial score (nSPS) is 35.6. The zero-order chi connectivity index (χ0) is 11.7. The van der Waals surface area contributed by atoms with Crippen molar-refractivity contribution < 1.29 is 19.1 Å². The van der Waals surface area contributed by atoms with Gasteiger partial charge in [0.15, 0.2) is 5.78 Å². The van der Waals surface area contributed by atoms with Gasteiger partial charge in [-0.3, -0.25) is 14.4 Å². The van der Waals surface area contributed by atoms with E-state index in [1.165, 1.54) is 20.8 Å². The molecule has 1 aliphatic heterocycles. The number of rotatable bonds is 2. The number of hydrogen-bond donors (Lipinski definition) is 0. The van der Waals surface area contributed by atoms with Crippen molar-refractivity contribution in [2.24, 2.45) is 0 Å². The first-order valence-corrected chi connectivity index (χ1v) is 4.55. The second kappa shape index (κ2) is 3.72. The Morgan fingerprint density at radius 1 is 1.20 bits per heavy atom. The van der Waals surface area contributed by atoms with Crippen LogP contribution in [0, 0.1) is 6.57 Å². The van der Waals surface area contributed by atoms with E-state index in [9.17, 15) is 9.59 Å². The van der Waals surface area contributed by atoms with Crippen LogP contribution in [-0.2, 0) is 19.1 Å². The minimum Gasteiger partial charge on any atom is -0.335 e. The predicted molar refractivity (Wildman–Crippen MR) is 51.0 cm³/mol. The van der Waals surface area contributed by atoms with Gasteiger partial charge in [0.05, 0.1) is 0 Å². The van der Waals surface area contributed by atoms with E-state index in [2.05, 4.69) is 4.85 Å². The topological polar surface area (TPSA) is 57.0 Å². The largest absolute Gasteiger partial charge is 0.335 e. The van der Waals surface area contributed by atoms with E-state index >= 15 is 0 Å². The Kier molecular flexibility index (Phi) is 2.93. The molecule has 82 valence electrons. The quantitative estimate of drug-likeness (QED) is 0.627. The van der Waals surface area contributed by atoms with Crippen molar-refractivity contribution in [1.29, 1.82) is 0 Å². The van der Waals surface area contributed by atoms with Crippen molar-refractivity contribution in [1.82, 2.24) is 0 Å². The number of hydrogen-bond acceptors (Lipinski definition) is 4. The van der Waals surface area contributed by atoms with Gasteiger partial charge >= 0.3 is 5.54 Å². The lowest BCUT2D eigenvalue weighted by molar-refractivity contribution is -0.254. The lowest BCUT2D eigenvalue weighted by atomic mass is 9.96. The van der Waals surface area contributed by atoms with Gasteiger partial charge in [-0.15, -0.1) is 0 Å². The number of ketones is 2. The molecule has 0 aromatic rings. The van der Waals surface area contributed by atoms with Gasteiger partial charge in [0.1, 0.15) is 13.2 Å². The van der Waals surface area contributed by atoms with Crippen LogP contribution in [0.25, 0.3) is 4.85 Å². The molecule has 0 saturated carbocycles. The molecule has 1 saturated heterocycles. The van der Waals surface area contributed by atoms with E-state index in [1.54, 1.807) is 0 Å². The third-order valence-electron chi connectivity index (χ3n) is 2.68. The van der Waals surface area contributed by atoms with Crippen LogP contribution in [0.5, 0.6) is 0 Å². The maximum atomic E-state index is 11.3. The Hall–Kier alpha value is -1.25. The summed E-state index contributed by atoms with van der Waals surface area (Å²) in [4.78, 5) is 25.7. The van der Waals surface area contributed by atoms with Gasteiger partial charge in [-0.25, -0.2) is 6.57 Å². The predicted octanol–water partition coefficient (Wildman–Crippen LogP) is 0.585. The Labute approximate surface area is 88.2 Å². The molecule has 0 N–H and O–H groups in total. The molecule has 0 amide bonds. The van der Waals surface area contributed by atoms with Crippen LogP contribution in [0.4, 0.5) is 0 Å². The Morgan fingerprint density at radius 3 is 1.93 bits per heavy atom. The summed E-state index contributed by atoms with van der Waals surface area (Å²) in [6.45, 7) is 10.9. The number of carbonyl (C=O) groups excluding carboxylic acids is 2. The van der Waals surface area contributed by atoms with Crippen molar-refractivity contribution in [2.45, 2.75) is 32.1 Å². The van der Waals surface area contributed by atoms with E-state index in [0.29, 0.717) is 0 Å². The van der Waals surface area contributed by atoms with E-state index in [-0.39, 0.29) is 24.8 Å². The fourth-order valence-electron chi connectivity index (χ4n) is 1.15. The summed E-state index contributed by atoms with van der Waals surface area (Å²) in [5.41, 5.74) is -1.28. The molecule has 0 aliphatic carbocycles. The average molecular weight is 211 g/mol. The van der Waals surface area contributed by atoms with Gasteiger partial charge < -0.3 is 9.47 Å². The highest BCUT2D eigenvalue weighted by Crippen LogP contribution is 2.28. The standard InChI is InChI=1S/C10H13NO4/c1-7(12)9(3)14-5-10(11-4,6-15-9)8(2)13/h5-6H2,1-3H3. The van der Waals surface area contributed by atoms with Crippen molar-refractivity contribution in [2.75, 3.05) is 13.2 Å². The molecule has 1 aliphatic rings. The van der Waals surface area contributed by atoms with Crippen molar-refractivity contribution in [3.8, 4) is 0 Å². The van der Waals surface area contributed by atoms with Crippen molar-refractivity contribution >= 4 is 11.6 Å². The number of carbonyl (C=O) groups is 2. The molecule has 0 aromatic carbocycles. The van der Waals surface area contributed by atoms with E-state index in [0.717, 1.165) is 0 Å². The minimum atomic E-state index is -1.32. The van der Waals surface area contributed by atoms with Crippen molar-refractivity contribution in [3.05, 3.63) is 11.4 Å². The van der Waals surface area contributed by atoms with Crippen LogP contribution < -0.4 is 0 Å². The first kappa shape index (κ1) is 11.8. The Bertz CT molecular complexity index is 334. The molecule has 5 nitrogen and oxygen atoms in total. The monoisotopic (exact) mass is 211 g/mol. The van der Waals surface area contributed by atoms with Crippen LogP contribution >= 0.6 is 0 Å². The summed E-state index contributed by atoms with van der Waals surface area (Å²) in [6.07, 6.45) is 0. The van der Waals surface area contributed by atoms with E-state index in [4.69, 9.17) is 16.0 Å².